The summed E-state index contributed by atoms with van der Waals surface area (Å²) in [5, 5.41) is 8.95. The summed E-state index contributed by atoms with van der Waals surface area (Å²) in [6.07, 6.45) is 1.64. The molecule has 0 aliphatic carbocycles. The van der Waals surface area contributed by atoms with Crippen LogP contribution in [-0.4, -0.2) is 41.2 Å². The number of pyridine rings is 1. The van der Waals surface area contributed by atoms with Crippen LogP contribution >= 0.6 is 0 Å². The van der Waals surface area contributed by atoms with Crippen molar-refractivity contribution in [3.05, 3.63) is 24.0 Å². The van der Waals surface area contributed by atoms with Crippen LogP contribution < -0.4 is 4.74 Å². The SMILES string of the molecule is CN(C)C(C)(C)COc1ccnc(CO)c1. The summed E-state index contributed by atoms with van der Waals surface area (Å²) in [5.74, 6) is 0.744. The maximum absolute atomic E-state index is 8.95. The van der Waals surface area contributed by atoms with E-state index in [4.69, 9.17) is 9.84 Å². The van der Waals surface area contributed by atoms with E-state index in [1.807, 2.05) is 14.1 Å². The Balaban J connectivity index is 2.60. The molecule has 1 aromatic heterocycles. The number of nitrogens with zero attached hydrogens (tertiary/aromatic N) is 2. The summed E-state index contributed by atoms with van der Waals surface area (Å²) in [6.45, 7) is 4.76. The number of aliphatic hydroxyl groups is 1. The summed E-state index contributed by atoms with van der Waals surface area (Å²) in [5.41, 5.74) is 0.600. The molecule has 4 nitrogen and oxygen atoms in total. The van der Waals surface area contributed by atoms with Gasteiger partial charge in [-0.15, -0.1) is 0 Å². The van der Waals surface area contributed by atoms with Crippen LogP contribution in [-0.2, 0) is 6.61 Å². The Bertz CT molecular complexity index is 338. The summed E-state index contributed by atoms with van der Waals surface area (Å²) in [7, 11) is 4.05. The number of hydrogen-bond donors (Lipinski definition) is 1. The molecule has 16 heavy (non-hydrogen) atoms. The van der Waals surface area contributed by atoms with Gasteiger partial charge in [0.25, 0.3) is 0 Å². The van der Waals surface area contributed by atoms with Crippen LogP contribution in [0.25, 0.3) is 0 Å². The molecule has 0 aliphatic rings. The minimum Gasteiger partial charge on any atom is -0.492 e. The topological polar surface area (TPSA) is 45.6 Å². The maximum Gasteiger partial charge on any atom is 0.122 e. The summed E-state index contributed by atoms with van der Waals surface area (Å²) < 4.78 is 5.68. The van der Waals surface area contributed by atoms with E-state index in [-0.39, 0.29) is 12.1 Å². The highest BCUT2D eigenvalue weighted by Gasteiger charge is 2.21. The van der Waals surface area contributed by atoms with Gasteiger partial charge in [0.05, 0.1) is 12.3 Å². The zero-order chi connectivity index (χ0) is 12.2. The Morgan fingerprint density at radius 3 is 2.69 bits per heavy atom. The number of hydrogen-bond acceptors (Lipinski definition) is 4. The molecular weight excluding hydrogens is 204 g/mol. The second-order valence-corrected chi connectivity index (χ2v) is 4.64. The molecule has 0 atom stereocenters. The highest BCUT2D eigenvalue weighted by atomic mass is 16.5. The first-order valence-corrected chi connectivity index (χ1v) is 5.32. The predicted octanol–water partition coefficient (Wildman–Crippen LogP) is 1.29. The molecule has 0 saturated carbocycles. The third kappa shape index (κ3) is 3.47. The number of aliphatic hydroxyl groups excluding tert-OH is 1. The molecule has 0 unspecified atom stereocenters. The van der Waals surface area contributed by atoms with Crippen LogP contribution in [0.3, 0.4) is 0 Å². The lowest BCUT2D eigenvalue weighted by molar-refractivity contribution is 0.114. The lowest BCUT2D eigenvalue weighted by Gasteiger charge is -2.32. The number of aromatic nitrogens is 1. The van der Waals surface area contributed by atoms with Crippen molar-refractivity contribution in [2.24, 2.45) is 0 Å². The Morgan fingerprint density at radius 1 is 1.44 bits per heavy atom. The van der Waals surface area contributed by atoms with Crippen LogP contribution in [0.15, 0.2) is 18.3 Å². The van der Waals surface area contributed by atoms with Crippen molar-refractivity contribution in [3.63, 3.8) is 0 Å². The minimum atomic E-state index is -0.0612. The highest BCUT2D eigenvalue weighted by molar-refractivity contribution is 5.22. The smallest absolute Gasteiger partial charge is 0.122 e. The van der Waals surface area contributed by atoms with Gasteiger partial charge in [-0.05, 0) is 34.0 Å². The second-order valence-electron chi connectivity index (χ2n) is 4.64. The van der Waals surface area contributed by atoms with Crippen molar-refractivity contribution in [1.29, 1.82) is 0 Å². The van der Waals surface area contributed by atoms with Gasteiger partial charge < -0.3 is 14.7 Å². The van der Waals surface area contributed by atoms with Crippen LogP contribution in [0.5, 0.6) is 5.75 Å². The molecule has 1 aromatic rings. The fourth-order valence-corrected chi connectivity index (χ4v) is 1.02. The Labute approximate surface area is 96.9 Å². The average Bonchev–Trinajstić information content (AvgIpc) is 2.26. The second kappa shape index (κ2) is 5.27. The molecule has 0 radical (unpaired) electrons. The summed E-state index contributed by atoms with van der Waals surface area (Å²) >= 11 is 0. The van der Waals surface area contributed by atoms with E-state index in [9.17, 15) is 0 Å². The van der Waals surface area contributed by atoms with Gasteiger partial charge in [-0.1, -0.05) is 0 Å². The van der Waals surface area contributed by atoms with Crippen LogP contribution in [0.1, 0.15) is 19.5 Å². The van der Waals surface area contributed by atoms with Gasteiger partial charge in [-0.3, -0.25) is 4.98 Å². The lowest BCUT2D eigenvalue weighted by atomic mass is 10.1. The summed E-state index contributed by atoms with van der Waals surface area (Å²) in [4.78, 5) is 6.11. The molecule has 1 N–H and O–H groups in total. The summed E-state index contributed by atoms with van der Waals surface area (Å²) in [6, 6.07) is 3.55. The number of ether oxygens (including phenoxy) is 1. The van der Waals surface area contributed by atoms with Crippen molar-refractivity contribution in [3.8, 4) is 5.75 Å². The maximum atomic E-state index is 8.95. The first-order valence-electron chi connectivity index (χ1n) is 5.32. The van der Waals surface area contributed by atoms with Gasteiger partial charge in [0.2, 0.25) is 0 Å². The zero-order valence-electron chi connectivity index (χ0n) is 10.4. The lowest BCUT2D eigenvalue weighted by Crippen LogP contribution is -2.43. The third-order valence-electron chi connectivity index (χ3n) is 2.75. The van der Waals surface area contributed by atoms with Crippen LogP contribution in [0.4, 0.5) is 0 Å². The van der Waals surface area contributed by atoms with Gasteiger partial charge >= 0.3 is 0 Å². The van der Waals surface area contributed by atoms with Gasteiger partial charge in [-0.2, -0.15) is 0 Å². The van der Waals surface area contributed by atoms with Crippen molar-refractivity contribution in [1.82, 2.24) is 9.88 Å². The fourth-order valence-electron chi connectivity index (χ4n) is 1.02. The molecule has 0 aromatic carbocycles. The predicted molar refractivity (Wildman–Crippen MR) is 63.4 cm³/mol. The highest BCUT2D eigenvalue weighted by Crippen LogP contribution is 2.16. The third-order valence-corrected chi connectivity index (χ3v) is 2.75. The Kier molecular flexibility index (Phi) is 4.26. The van der Waals surface area contributed by atoms with Crippen molar-refractivity contribution >= 4 is 0 Å². The minimum absolute atomic E-state index is 0.0252. The van der Waals surface area contributed by atoms with E-state index < -0.39 is 0 Å². The zero-order valence-corrected chi connectivity index (χ0v) is 10.4. The Morgan fingerprint density at radius 2 is 2.12 bits per heavy atom. The molecule has 0 aliphatic heterocycles. The van der Waals surface area contributed by atoms with Gasteiger partial charge in [0.1, 0.15) is 12.4 Å². The van der Waals surface area contributed by atoms with Gasteiger partial charge in [0.15, 0.2) is 0 Å². The quantitative estimate of drug-likeness (QED) is 0.818. The molecular formula is C12H20N2O2. The first kappa shape index (κ1) is 12.9. The molecule has 1 rings (SSSR count). The van der Waals surface area contributed by atoms with Gasteiger partial charge in [0, 0.05) is 17.8 Å². The van der Waals surface area contributed by atoms with Crippen LogP contribution in [0, 0.1) is 0 Å². The molecule has 90 valence electrons. The van der Waals surface area contributed by atoms with Crippen LogP contribution in [0.2, 0.25) is 0 Å². The monoisotopic (exact) mass is 224 g/mol. The van der Waals surface area contributed by atoms with Gasteiger partial charge in [-0.25, -0.2) is 0 Å². The number of rotatable bonds is 5. The molecule has 0 fully saturated rings. The largest absolute Gasteiger partial charge is 0.492 e. The van der Waals surface area contributed by atoms with E-state index >= 15 is 0 Å². The molecule has 1 heterocycles. The first-order chi connectivity index (χ1) is 7.45. The Hall–Kier alpha value is -1.13. The molecule has 4 heteroatoms. The number of likely N-dealkylation sites (N-methyl/N-ethyl adjacent to an activating group) is 1. The van der Waals surface area contributed by atoms with E-state index in [1.54, 1.807) is 18.3 Å². The van der Waals surface area contributed by atoms with Crippen molar-refractivity contribution in [2.45, 2.75) is 26.0 Å². The van der Waals surface area contributed by atoms with Crippen molar-refractivity contribution in [2.75, 3.05) is 20.7 Å². The molecule has 0 bridgehead atoms. The van der Waals surface area contributed by atoms with E-state index in [0.717, 1.165) is 5.75 Å². The molecule has 0 amide bonds. The molecule has 0 spiro atoms. The van der Waals surface area contributed by atoms with Crippen molar-refractivity contribution < 1.29 is 9.84 Å². The van der Waals surface area contributed by atoms with E-state index in [2.05, 4.69) is 23.7 Å². The normalized spacial score (nSPS) is 11.9. The van der Waals surface area contributed by atoms with E-state index in [0.29, 0.717) is 12.3 Å². The fraction of sp³-hybridized carbons (Fsp3) is 0.583. The van der Waals surface area contributed by atoms with E-state index in [1.165, 1.54) is 0 Å². The molecule has 0 saturated heterocycles. The standard InChI is InChI=1S/C12H20N2O2/c1-12(2,14(3)4)9-16-11-5-6-13-10(7-11)8-15/h5-7,15H,8-9H2,1-4H3. The average molecular weight is 224 g/mol.